The Bertz CT molecular complexity index is 1400. The lowest BCUT2D eigenvalue weighted by Crippen LogP contribution is -2.23. The van der Waals surface area contributed by atoms with Crippen LogP contribution in [-0.4, -0.2) is 15.9 Å². The molecule has 5 nitrogen and oxygen atoms in total. The zero-order valence-corrected chi connectivity index (χ0v) is 23.3. The first-order valence-electron chi connectivity index (χ1n) is 10.2. The summed E-state index contributed by atoms with van der Waals surface area (Å²) in [6.45, 7) is 4.49. The van der Waals surface area contributed by atoms with Crippen LogP contribution in [0.1, 0.15) is 36.7 Å². The Labute approximate surface area is 222 Å². The van der Waals surface area contributed by atoms with Crippen LogP contribution in [0.25, 0.3) is 10.9 Å². The number of rotatable bonds is 6. The summed E-state index contributed by atoms with van der Waals surface area (Å²) >= 11 is 9.12. The number of aromatic nitrogens is 2. The predicted molar refractivity (Wildman–Crippen MR) is 148 cm³/mol. The van der Waals surface area contributed by atoms with Crippen LogP contribution in [0.4, 0.5) is 0 Å². The van der Waals surface area contributed by atoms with Crippen LogP contribution in [0.15, 0.2) is 79.5 Å². The number of benzene rings is 3. The fourth-order valence-corrected chi connectivity index (χ4v) is 4.55. The summed E-state index contributed by atoms with van der Waals surface area (Å²) in [5.74, 6) is 1.46. The van der Waals surface area contributed by atoms with Gasteiger partial charge in [0.2, 0.25) is 0 Å². The average molecular weight is 681 g/mol. The van der Waals surface area contributed by atoms with Crippen molar-refractivity contribution >= 4 is 71.6 Å². The molecule has 8 heteroatoms. The number of halogens is 3. The molecule has 4 rings (SSSR count). The fraction of sp³-hybridized carbons (Fsp3) is 0.160. The summed E-state index contributed by atoms with van der Waals surface area (Å²) < 4.78 is 10.2. The van der Waals surface area contributed by atoms with Gasteiger partial charge in [0.05, 0.1) is 20.7 Å². The van der Waals surface area contributed by atoms with Crippen LogP contribution in [0.3, 0.4) is 0 Å². The normalized spacial score (nSPS) is 11.6. The highest BCUT2D eigenvalue weighted by atomic mass is 127. The maximum atomic E-state index is 13.2. The minimum Gasteiger partial charge on any atom is -0.488 e. The van der Waals surface area contributed by atoms with Gasteiger partial charge in [-0.25, -0.2) is 4.98 Å². The van der Waals surface area contributed by atoms with Gasteiger partial charge in [-0.05, 0) is 82.2 Å². The summed E-state index contributed by atoms with van der Waals surface area (Å²) in [5, 5.41) is 5.03. The first-order chi connectivity index (χ1) is 15.8. The standard InChI is InChI=1S/C25H20Br2IN3O2/c1-15(2)24-30-22-9-8-19(27)12-20(22)25(32)31(24)29-13-17-5-10-23(21(28)11-17)33-14-16-3-6-18(26)7-4-16/h3-13,15H,14H2,1-2H3. The molecule has 168 valence electrons. The number of hydrogen-bond donors (Lipinski definition) is 0. The Kier molecular flexibility index (Phi) is 7.65. The quantitative estimate of drug-likeness (QED) is 0.161. The van der Waals surface area contributed by atoms with E-state index in [4.69, 9.17) is 4.74 Å². The van der Waals surface area contributed by atoms with E-state index in [0.717, 1.165) is 29.4 Å². The monoisotopic (exact) mass is 679 g/mol. The molecule has 0 bridgehead atoms. The fourth-order valence-electron chi connectivity index (χ4n) is 3.23. The molecule has 33 heavy (non-hydrogen) atoms. The highest BCUT2D eigenvalue weighted by molar-refractivity contribution is 14.1. The Balaban J connectivity index is 1.60. The number of ether oxygens (including phenoxy) is 1. The third kappa shape index (κ3) is 5.73. The number of nitrogens with zero attached hydrogens (tertiary/aromatic N) is 3. The van der Waals surface area contributed by atoms with Gasteiger partial charge in [-0.15, -0.1) is 0 Å². The van der Waals surface area contributed by atoms with Gasteiger partial charge in [-0.2, -0.15) is 9.78 Å². The number of fused-ring (bicyclic) bond motifs is 1. The van der Waals surface area contributed by atoms with Crippen LogP contribution < -0.4 is 10.3 Å². The van der Waals surface area contributed by atoms with Crippen molar-refractivity contribution in [1.82, 2.24) is 9.66 Å². The molecule has 4 aromatic rings. The molecular weight excluding hydrogens is 661 g/mol. The molecule has 0 amide bonds. The maximum Gasteiger partial charge on any atom is 0.282 e. The van der Waals surface area contributed by atoms with E-state index in [1.165, 1.54) is 4.68 Å². The predicted octanol–water partition coefficient (Wildman–Crippen LogP) is 7.11. The van der Waals surface area contributed by atoms with Crippen molar-refractivity contribution in [1.29, 1.82) is 0 Å². The third-order valence-electron chi connectivity index (χ3n) is 4.94. The zero-order chi connectivity index (χ0) is 23.5. The molecule has 0 saturated heterocycles. The highest BCUT2D eigenvalue weighted by Gasteiger charge is 2.14. The zero-order valence-electron chi connectivity index (χ0n) is 17.9. The maximum absolute atomic E-state index is 13.2. The Morgan fingerprint density at radius 1 is 1.06 bits per heavy atom. The average Bonchev–Trinajstić information content (AvgIpc) is 2.79. The van der Waals surface area contributed by atoms with Crippen LogP contribution in [-0.2, 0) is 6.61 Å². The second-order valence-electron chi connectivity index (χ2n) is 7.75. The van der Waals surface area contributed by atoms with Gasteiger partial charge in [-0.3, -0.25) is 4.79 Å². The molecule has 3 aromatic carbocycles. The third-order valence-corrected chi connectivity index (χ3v) is 6.80. The van der Waals surface area contributed by atoms with Crippen molar-refractivity contribution in [2.75, 3.05) is 0 Å². The lowest BCUT2D eigenvalue weighted by atomic mass is 10.2. The van der Waals surface area contributed by atoms with Gasteiger partial charge in [0.15, 0.2) is 0 Å². The molecule has 1 aromatic heterocycles. The van der Waals surface area contributed by atoms with E-state index < -0.39 is 0 Å². The summed E-state index contributed by atoms with van der Waals surface area (Å²) in [6.07, 6.45) is 1.68. The smallest absolute Gasteiger partial charge is 0.282 e. The molecule has 0 aliphatic carbocycles. The SMILES string of the molecule is CC(C)c1nc2ccc(Br)cc2c(=O)n1N=Cc1ccc(OCc2ccc(Br)cc2)c(I)c1. The van der Waals surface area contributed by atoms with Gasteiger partial charge in [0, 0.05) is 14.9 Å². The molecule has 0 atom stereocenters. The highest BCUT2D eigenvalue weighted by Crippen LogP contribution is 2.23. The summed E-state index contributed by atoms with van der Waals surface area (Å²) in [6, 6.07) is 19.4. The Morgan fingerprint density at radius 3 is 2.48 bits per heavy atom. The van der Waals surface area contributed by atoms with E-state index in [9.17, 15) is 4.79 Å². The second-order valence-corrected chi connectivity index (χ2v) is 10.7. The lowest BCUT2D eigenvalue weighted by molar-refractivity contribution is 0.304. The van der Waals surface area contributed by atoms with E-state index in [0.29, 0.717) is 23.3 Å². The minimum absolute atomic E-state index is 0.0393. The van der Waals surface area contributed by atoms with Crippen molar-refractivity contribution in [2.45, 2.75) is 26.4 Å². The van der Waals surface area contributed by atoms with Gasteiger partial charge in [0.1, 0.15) is 18.2 Å². The van der Waals surface area contributed by atoms with Crippen molar-refractivity contribution in [3.05, 3.63) is 100 Å². The molecule has 0 unspecified atom stereocenters. The van der Waals surface area contributed by atoms with E-state index in [1.54, 1.807) is 12.3 Å². The molecule has 0 aliphatic rings. The van der Waals surface area contributed by atoms with Crippen molar-refractivity contribution in [3.8, 4) is 5.75 Å². The summed E-state index contributed by atoms with van der Waals surface area (Å²) in [7, 11) is 0. The number of hydrogen-bond acceptors (Lipinski definition) is 4. The van der Waals surface area contributed by atoms with Gasteiger partial charge in [-0.1, -0.05) is 57.8 Å². The van der Waals surface area contributed by atoms with Gasteiger partial charge >= 0.3 is 0 Å². The van der Waals surface area contributed by atoms with E-state index in [2.05, 4.69) is 64.5 Å². The molecule has 0 N–H and O–H groups in total. The van der Waals surface area contributed by atoms with Crippen LogP contribution in [0, 0.1) is 3.57 Å². The van der Waals surface area contributed by atoms with Crippen molar-refractivity contribution in [2.24, 2.45) is 5.10 Å². The first-order valence-corrected chi connectivity index (χ1v) is 12.9. The molecule has 1 heterocycles. The second kappa shape index (κ2) is 10.5. The van der Waals surface area contributed by atoms with Crippen molar-refractivity contribution < 1.29 is 4.74 Å². The first kappa shape index (κ1) is 24.1. The van der Waals surface area contributed by atoms with E-state index >= 15 is 0 Å². The van der Waals surface area contributed by atoms with Gasteiger partial charge < -0.3 is 4.74 Å². The van der Waals surface area contributed by atoms with E-state index in [1.807, 2.05) is 68.4 Å². The molecule has 0 radical (unpaired) electrons. The lowest BCUT2D eigenvalue weighted by Gasteiger charge is -2.12. The molecular formula is C25H20Br2IN3O2. The summed E-state index contributed by atoms with van der Waals surface area (Å²) in [5.41, 5.74) is 2.44. The van der Waals surface area contributed by atoms with Gasteiger partial charge in [0.25, 0.3) is 5.56 Å². The minimum atomic E-state index is -0.189. The largest absolute Gasteiger partial charge is 0.488 e. The van der Waals surface area contributed by atoms with Crippen LogP contribution in [0.2, 0.25) is 0 Å². The summed E-state index contributed by atoms with van der Waals surface area (Å²) in [4.78, 5) is 17.8. The topological polar surface area (TPSA) is 56.5 Å². The Morgan fingerprint density at radius 2 is 1.79 bits per heavy atom. The van der Waals surface area contributed by atoms with Crippen LogP contribution in [0.5, 0.6) is 5.75 Å². The molecule has 0 saturated carbocycles. The molecule has 0 aliphatic heterocycles. The van der Waals surface area contributed by atoms with E-state index in [-0.39, 0.29) is 11.5 Å². The molecule has 0 spiro atoms. The molecule has 0 fully saturated rings. The Hall–Kier alpha value is -2.04. The van der Waals surface area contributed by atoms with Crippen LogP contribution >= 0.6 is 54.5 Å². The van der Waals surface area contributed by atoms with Crippen molar-refractivity contribution in [3.63, 3.8) is 0 Å².